The van der Waals surface area contributed by atoms with Crippen molar-refractivity contribution in [1.82, 2.24) is 9.78 Å². The molecule has 15 heavy (non-hydrogen) atoms. The average molecular weight is 225 g/mol. The van der Waals surface area contributed by atoms with E-state index in [1.807, 2.05) is 0 Å². The summed E-state index contributed by atoms with van der Waals surface area (Å²) in [7, 11) is 3.08. The van der Waals surface area contributed by atoms with Gasteiger partial charge in [-0.2, -0.15) is 10.4 Å². The van der Waals surface area contributed by atoms with Crippen molar-refractivity contribution < 1.29 is 9.53 Å². The number of rotatable bonds is 3. The number of nitrogens with zero attached hydrogens (tertiary/aromatic N) is 3. The van der Waals surface area contributed by atoms with Crippen LogP contribution in [0.5, 0.6) is 0 Å². The number of hydrogen-bond donors (Lipinski definition) is 0. The number of methoxy groups -OCH3 is 1. The van der Waals surface area contributed by atoms with Gasteiger partial charge >= 0.3 is 5.97 Å². The van der Waals surface area contributed by atoms with Crippen molar-refractivity contribution in [3.63, 3.8) is 0 Å². The molecule has 0 saturated heterocycles. The summed E-state index contributed by atoms with van der Waals surface area (Å²) in [5.74, 6) is -0.132. The molecule has 0 bridgehead atoms. The Labute approximate surface area is 92.0 Å². The van der Waals surface area contributed by atoms with Gasteiger partial charge < -0.3 is 4.74 Å². The Morgan fingerprint density at radius 1 is 1.73 bits per heavy atom. The van der Waals surface area contributed by atoms with Gasteiger partial charge in [0.25, 0.3) is 0 Å². The Morgan fingerprint density at radius 3 is 2.93 bits per heavy atom. The summed E-state index contributed by atoms with van der Waals surface area (Å²) in [6.07, 6.45) is 0. The Balaban J connectivity index is 2.85. The summed E-state index contributed by atoms with van der Waals surface area (Å²) in [6, 6.07) is 2.07. The van der Waals surface area contributed by atoms with Crippen LogP contribution in [0.25, 0.3) is 0 Å². The smallest absolute Gasteiger partial charge is 0.316 e. The number of thioether (sulfide) groups is 1. The van der Waals surface area contributed by atoms with Gasteiger partial charge in [0.1, 0.15) is 16.7 Å². The number of ether oxygens (including phenoxy) is 1. The summed E-state index contributed by atoms with van der Waals surface area (Å²) in [5, 5.41) is 13.7. The zero-order chi connectivity index (χ0) is 11.4. The van der Waals surface area contributed by atoms with Crippen LogP contribution < -0.4 is 0 Å². The SMILES string of the molecule is COC(=O)CSc1c(C#N)c(C)nn1C. The maximum absolute atomic E-state index is 10.9. The molecule has 0 aliphatic heterocycles. The maximum atomic E-state index is 10.9. The zero-order valence-electron chi connectivity index (χ0n) is 8.77. The highest BCUT2D eigenvalue weighted by molar-refractivity contribution is 8.00. The minimum Gasteiger partial charge on any atom is -0.468 e. The van der Waals surface area contributed by atoms with Gasteiger partial charge in [-0.25, -0.2) is 0 Å². The third kappa shape index (κ3) is 2.50. The predicted octanol–water partition coefficient (Wildman–Crippen LogP) is 0.865. The number of hydrogen-bond acceptors (Lipinski definition) is 5. The normalized spacial score (nSPS) is 9.73. The molecule has 0 amide bonds. The van der Waals surface area contributed by atoms with Crippen LogP contribution >= 0.6 is 11.8 Å². The molecule has 1 rings (SSSR count). The topological polar surface area (TPSA) is 67.9 Å². The minimum absolute atomic E-state index is 0.185. The lowest BCUT2D eigenvalue weighted by atomic mass is 10.3. The Hall–Kier alpha value is -1.48. The molecule has 0 atom stereocenters. The van der Waals surface area contributed by atoms with Gasteiger partial charge in [-0.3, -0.25) is 9.48 Å². The van der Waals surface area contributed by atoms with Crippen LogP contribution in [-0.4, -0.2) is 28.6 Å². The van der Waals surface area contributed by atoms with Crippen LogP contribution in [0.15, 0.2) is 5.03 Å². The molecule has 80 valence electrons. The first-order chi connectivity index (χ1) is 7.10. The quantitative estimate of drug-likeness (QED) is 0.564. The van der Waals surface area contributed by atoms with Crippen LogP contribution in [0.2, 0.25) is 0 Å². The van der Waals surface area contributed by atoms with E-state index in [0.29, 0.717) is 16.3 Å². The largest absolute Gasteiger partial charge is 0.468 e. The molecule has 5 nitrogen and oxygen atoms in total. The van der Waals surface area contributed by atoms with E-state index >= 15 is 0 Å². The first-order valence-corrected chi connectivity index (χ1v) is 5.22. The number of esters is 1. The van der Waals surface area contributed by atoms with Crippen LogP contribution in [0.1, 0.15) is 11.3 Å². The van der Waals surface area contributed by atoms with Gasteiger partial charge in [-0.15, -0.1) is 0 Å². The average Bonchev–Trinajstić information content (AvgIpc) is 2.49. The molecule has 0 aromatic carbocycles. The second kappa shape index (κ2) is 4.84. The van der Waals surface area contributed by atoms with Gasteiger partial charge in [0.05, 0.1) is 18.6 Å². The van der Waals surface area contributed by atoms with Gasteiger partial charge in [0.15, 0.2) is 0 Å². The Morgan fingerprint density at radius 2 is 2.40 bits per heavy atom. The molecular weight excluding hydrogens is 214 g/mol. The number of carbonyl (C=O) groups excluding carboxylic acids is 1. The van der Waals surface area contributed by atoms with E-state index in [-0.39, 0.29) is 11.7 Å². The molecule has 0 fully saturated rings. The molecule has 0 aliphatic rings. The van der Waals surface area contributed by atoms with E-state index in [1.165, 1.54) is 18.9 Å². The summed E-state index contributed by atoms with van der Waals surface area (Å²) < 4.78 is 6.12. The Bertz CT molecular complexity index is 420. The third-order valence-corrected chi connectivity index (χ3v) is 2.96. The summed E-state index contributed by atoms with van der Waals surface area (Å²) in [4.78, 5) is 10.9. The van der Waals surface area contributed by atoms with Gasteiger partial charge in [-0.1, -0.05) is 11.8 Å². The third-order valence-electron chi connectivity index (χ3n) is 1.84. The van der Waals surface area contributed by atoms with Crippen molar-refractivity contribution in [2.75, 3.05) is 12.9 Å². The first-order valence-electron chi connectivity index (χ1n) is 4.23. The fourth-order valence-corrected chi connectivity index (χ4v) is 2.06. The lowest BCUT2D eigenvalue weighted by Crippen LogP contribution is -2.04. The van der Waals surface area contributed by atoms with Crippen LogP contribution in [0.3, 0.4) is 0 Å². The number of nitriles is 1. The van der Waals surface area contributed by atoms with E-state index in [0.717, 1.165) is 0 Å². The second-order valence-electron chi connectivity index (χ2n) is 2.87. The number of aromatic nitrogens is 2. The van der Waals surface area contributed by atoms with E-state index in [1.54, 1.807) is 18.7 Å². The first kappa shape index (κ1) is 11.6. The summed E-state index contributed by atoms with van der Waals surface area (Å²) in [6.45, 7) is 1.76. The lowest BCUT2D eigenvalue weighted by molar-refractivity contribution is -0.137. The van der Waals surface area contributed by atoms with Crippen LogP contribution in [0.4, 0.5) is 0 Å². The van der Waals surface area contributed by atoms with Crippen molar-refractivity contribution in [2.24, 2.45) is 7.05 Å². The molecule has 0 aliphatic carbocycles. The van der Waals surface area contributed by atoms with Crippen LogP contribution in [0, 0.1) is 18.3 Å². The van der Waals surface area contributed by atoms with E-state index in [4.69, 9.17) is 5.26 Å². The van der Waals surface area contributed by atoms with E-state index in [9.17, 15) is 4.79 Å². The Kier molecular flexibility index (Phi) is 3.74. The second-order valence-corrected chi connectivity index (χ2v) is 3.83. The molecule has 0 unspecified atom stereocenters. The molecule has 1 aromatic rings. The monoisotopic (exact) mass is 225 g/mol. The number of carbonyl (C=O) groups is 1. The summed E-state index contributed by atoms with van der Waals surface area (Å²) in [5.41, 5.74) is 1.19. The van der Waals surface area contributed by atoms with Crippen molar-refractivity contribution in [1.29, 1.82) is 5.26 Å². The fraction of sp³-hybridized carbons (Fsp3) is 0.444. The van der Waals surface area contributed by atoms with Gasteiger partial charge in [0, 0.05) is 7.05 Å². The molecule has 0 saturated carbocycles. The summed E-state index contributed by atoms with van der Waals surface area (Å²) >= 11 is 1.26. The van der Waals surface area contributed by atoms with Gasteiger partial charge in [-0.05, 0) is 6.92 Å². The fourth-order valence-electron chi connectivity index (χ4n) is 1.12. The molecule has 0 radical (unpaired) electrons. The molecular formula is C9H11N3O2S. The molecule has 1 aromatic heterocycles. The number of aryl methyl sites for hydroxylation is 2. The lowest BCUT2D eigenvalue weighted by Gasteiger charge is -2.00. The molecule has 6 heteroatoms. The zero-order valence-corrected chi connectivity index (χ0v) is 9.59. The highest BCUT2D eigenvalue weighted by atomic mass is 32.2. The van der Waals surface area contributed by atoms with Crippen molar-refractivity contribution in [3.05, 3.63) is 11.3 Å². The van der Waals surface area contributed by atoms with Crippen molar-refractivity contribution in [3.8, 4) is 6.07 Å². The van der Waals surface area contributed by atoms with Crippen molar-refractivity contribution >= 4 is 17.7 Å². The van der Waals surface area contributed by atoms with E-state index < -0.39 is 0 Å². The molecule has 1 heterocycles. The standard InChI is InChI=1S/C9H11N3O2S/c1-6-7(4-10)9(12(2)11-6)15-5-8(13)14-3/h5H2,1-3H3. The van der Waals surface area contributed by atoms with Crippen molar-refractivity contribution in [2.45, 2.75) is 11.9 Å². The van der Waals surface area contributed by atoms with Crippen LogP contribution in [-0.2, 0) is 16.6 Å². The molecule has 0 N–H and O–H groups in total. The minimum atomic E-state index is -0.317. The highest BCUT2D eigenvalue weighted by Crippen LogP contribution is 2.23. The molecule has 0 spiro atoms. The van der Waals surface area contributed by atoms with E-state index in [2.05, 4.69) is 15.9 Å². The maximum Gasteiger partial charge on any atom is 0.316 e. The predicted molar refractivity (Wildman–Crippen MR) is 55.4 cm³/mol. The highest BCUT2D eigenvalue weighted by Gasteiger charge is 2.14. The van der Waals surface area contributed by atoms with Gasteiger partial charge in [0.2, 0.25) is 0 Å².